The van der Waals surface area contributed by atoms with Gasteiger partial charge >= 0.3 is 0 Å². The molecule has 0 bridgehead atoms. The van der Waals surface area contributed by atoms with E-state index in [2.05, 4.69) is 30.9 Å². The van der Waals surface area contributed by atoms with E-state index in [0.29, 0.717) is 23.3 Å². The molecule has 1 fully saturated rings. The molecule has 1 amide bonds. The van der Waals surface area contributed by atoms with Gasteiger partial charge in [-0.2, -0.15) is 4.39 Å². The van der Waals surface area contributed by atoms with Gasteiger partial charge in [-0.3, -0.25) is 4.79 Å². The minimum Gasteiger partial charge on any atom is -0.310 e. The van der Waals surface area contributed by atoms with Gasteiger partial charge in [-0.25, -0.2) is 4.98 Å². The maximum absolute atomic E-state index is 12.9. The largest absolute Gasteiger partial charge is 0.310 e. The Morgan fingerprint density at radius 2 is 2.44 bits per heavy atom. The van der Waals surface area contributed by atoms with Crippen LogP contribution in [0.15, 0.2) is 21.9 Å². The number of carbonyl (C=O) groups is 1. The normalized spacial score (nSPS) is 18.9. The van der Waals surface area contributed by atoms with Gasteiger partial charge in [-0.05, 0) is 39.5 Å². The number of carbonyl (C=O) groups excluding carboxylic acids is 1. The lowest BCUT2D eigenvalue weighted by atomic mass is 10.1. The van der Waals surface area contributed by atoms with Gasteiger partial charge in [0.25, 0.3) is 0 Å². The summed E-state index contributed by atoms with van der Waals surface area (Å²) in [5.41, 5.74) is 8.78. The quantitative estimate of drug-likeness (QED) is 0.372. The standard InChI is InChI=1S/C10H9BrFN5O/c11-10-7(1-2-8(12)15-10)17-5-6(3-9(17)18)4-14-16-13/h1-2,6H,3-5H2. The number of hydrogen-bond acceptors (Lipinski definition) is 3. The summed E-state index contributed by atoms with van der Waals surface area (Å²) in [5, 5.41) is 3.47. The second-order valence-electron chi connectivity index (χ2n) is 3.93. The molecule has 1 aromatic rings. The van der Waals surface area contributed by atoms with E-state index in [0.717, 1.165) is 0 Å². The molecule has 0 N–H and O–H groups in total. The number of anilines is 1. The van der Waals surface area contributed by atoms with Gasteiger partial charge in [0.05, 0.1) is 5.69 Å². The highest BCUT2D eigenvalue weighted by molar-refractivity contribution is 9.10. The van der Waals surface area contributed by atoms with Crippen molar-refractivity contribution in [2.45, 2.75) is 6.42 Å². The van der Waals surface area contributed by atoms with Crippen LogP contribution in [0.25, 0.3) is 10.4 Å². The van der Waals surface area contributed by atoms with Crippen LogP contribution < -0.4 is 4.90 Å². The molecule has 0 saturated carbocycles. The smallest absolute Gasteiger partial charge is 0.227 e. The van der Waals surface area contributed by atoms with E-state index in [-0.39, 0.29) is 18.4 Å². The van der Waals surface area contributed by atoms with Crippen molar-refractivity contribution in [3.8, 4) is 0 Å². The van der Waals surface area contributed by atoms with Crippen molar-refractivity contribution < 1.29 is 9.18 Å². The molecule has 0 aliphatic carbocycles. The van der Waals surface area contributed by atoms with E-state index >= 15 is 0 Å². The zero-order valence-corrected chi connectivity index (χ0v) is 10.8. The van der Waals surface area contributed by atoms with Gasteiger partial charge in [-0.1, -0.05) is 5.11 Å². The van der Waals surface area contributed by atoms with Crippen LogP contribution in [-0.2, 0) is 4.79 Å². The number of rotatable bonds is 3. The zero-order valence-electron chi connectivity index (χ0n) is 9.25. The maximum atomic E-state index is 12.9. The lowest BCUT2D eigenvalue weighted by Gasteiger charge is -2.17. The summed E-state index contributed by atoms with van der Waals surface area (Å²) in [4.78, 5) is 19.6. The van der Waals surface area contributed by atoms with Crippen LogP contribution in [-0.4, -0.2) is 24.0 Å². The third kappa shape index (κ3) is 2.60. The number of aromatic nitrogens is 1. The highest BCUT2D eigenvalue weighted by Crippen LogP contribution is 2.30. The van der Waals surface area contributed by atoms with Gasteiger partial charge in [0.15, 0.2) is 0 Å². The molecule has 0 spiro atoms. The minimum atomic E-state index is -0.608. The van der Waals surface area contributed by atoms with Crippen molar-refractivity contribution in [1.29, 1.82) is 0 Å². The second kappa shape index (κ2) is 5.32. The van der Waals surface area contributed by atoms with Crippen molar-refractivity contribution >= 4 is 27.5 Å². The Morgan fingerprint density at radius 3 is 3.11 bits per heavy atom. The third-order valence-corrected chi connectivity index (χ3v) is 3.28. The summed E-state index contributed by atoms with van der Waals surface area (Å²) in [7, 11) is 0. The predicted octanol–water partition coefficient (Wildman–Crippen LogP) is 2.65. The molecule has 8 heteroatoms. The number of amides is 1. The van der Waals surface area contributed by atoms with Crippen molar-refractivity contribution in [3.05, 3.63) is 33.1 Å². The minimum absolute atomic E-state index is 0.00893. The van der Waals surface area contributed by atoms with E-state index < -0.39 is 5.95 Å². The van der Waals surface area contributed by atoms with Crippen LogP contribution in [0.4, 0.5) is 10.1 Å². The molecule has 2 rings (SSSR count). The lowest BCUT2D eigenvalue weighted by Crippen LogP contribution is -2.25. The van der Waals surface area contributed by atoms with Crippen LogP contribution >= 0.6 is 15.9 Å². The zero-order chi connectivity index (χ0) is 13.1. The molecule has 2 heterocycles. The first kappa shape index (κ1) is 12.8. The molecule has 1 saturated heterocycles. The summed E-state index contributed by atoms with van der Waals surface area (Å²) >= 11 is 3.13. The number of pyridine rings is 1. The van der Waals surface area contributed by atoms with E-state index in [9.17, 15) is 9.18 Å². The highest BCUT2D eigenvalue weighted by atomic mass is 79.9. The first-order chi connectivity index (χ1) is 8.61. The Kier molecular flexibility index (Phi) is 3.78. The summed E-state index contributed by atoms with van der Waals surface area (Å²) in [5.74, 6) is -0.699. The number of halogens is 2. The molecule has 1 atom stereocenters. The number of nitrogens with zero attached hydrogens (tertiary/aromatic N) is 5. The SMILES string of the molecule is [N-]=[N+]=NCC1CC(=O)N(c2ccc(F)nc2Br)C1. The first-order valence-electron chi connectivity index (χ1n) is 5.25. The molecule has 0 aromatic carbocycles. The van der Waals surface area contributed by atoms with Crippen LogP contribution in [0.1, 0.15) is 6.42 Å². The fraction of sp³-hybridized carbons (Fsp3) is 0.400. The second-order valence-corrected chi connectivity index (χ2v) is 4.68. The van der Waals surface area contributed by atoms with Crippen molar-refractivity contribution in [2.75, 3.05) is 18.0 Å². The van der Waals surface area contributed by atoms with Crippen molar-refractivity contribution in [1.82, 2.24) is 4.98 Å². The molecular formula is C10H9BrFN5O. The Bertz CT molecular complexity index is 531. The Labute approximate surface area is 111 Å². The monoisotopic (exact) mass is 313 g/mol. The molecule has 1 aromatic heterocycles. The topological polar surface area (TPSA) is 82.0 Å². The first-order valence-corrected chi connectivity index (χ1v) is 6.04. The van der Waals surface area contributed by atoms with Gasteiger partial charge in [0.2, 0.25) is 11.9 Å². The van der Waals surface area contributed by atoms with Crippen molar-refractivity contribution in [3.63, 3.8) is 0 Å². The molecule has 0 radical (unpaired) electrons. The van der Waals surface area contributed by atoms with Gasteiger partial charge in [0, 0.05) is 24.4 Å². The highest BCUT2D eigenvalue weighted by Gasteiger charge is 2.31. The molecular weight excluding hydrogens is 305 g/mol. The van der Waals surface area contributed by atoms with E-state index in [1.165, 1.54) is 17.0 Å². The maximum Gasteiger partial charge on any atom is 0.227 e. The van der Waals surface area contributed by atoms with Crippen molar-refractivity contribution in [2.24, 2.45) is 11.0 Å². The fourth-order valence-electron chi connectivity index (χ4n) is 1.89. The summed E-state index contributed by atoms with van der Waals surface area (Å²) < 4.78 is 13.2. The van der Waals surface area contributed by atoms with Gasteiger partial charge < -0.3 is 4.90 Å². The summed E-state index contributed by atoms with van der Waals surface area (Å²) in [6, 6.07) is 2.70. The van der Waals surface area contributed by atoms with Gasteiger partial charge in [-0.15, -0.1) is 0 Å². The fourth-order valence-corrected chi connectivity index (χ4v) is 2.41. The van der Waals surface area contributed by atoms with Crippen LogP contribution in [0, 0.1) is 11.9 Å². The molecule has 1 unspecified atom stereocenters. The Morgan fingerprint density at radius 1 is 1.67 bits per heavy atom. The third-order valence-electron chi connectivity index (χ3n) is 2.69. The molecule has 1 aliphatic heterocycles. The summed E-state index contributed by atoms with van der Waals surface area (Å²) in [6.45, 7) is 0.731. The van der Waals surface area contributed by atoms with Crippen LogP contribution in [0.5, 0.6) is 0 Å². The van der Waals surface area contributed by atoms with Crippen LogP contribution in [0.3, 0.4) is 0 Å². The lowest BCUT2D eigenvalue weighted by molar-refractivity contribution is -0.117. The molecule has 6 nitrogen and oxygen atoms in total. The Hall–Kier alpha value is -1.66. The van der Waals surface area contributed by atoms with Gasteiger partial charge in [0.1, 0.15) is 4.60 Å². The average Bonchev–Trinajstić information content (AvgIpc) is 2.68. The van der Waals surface area contributed by atoms with Crippen LogP contribution in [0.2, 0.25) is 0 Å². The summed E-state index contributed by atoms with van der Waals surface area (Å²) in [6.07, 6.45) is 0.322. The van der Waals surface area contributed by atoms with E-state index in [1.807, 2.05) is 0 Å². The molecule has 1 aliphatic rings. The number of azide groups is 1. The predicted molar refractivity (Wildman–Crippen MR) is 66.4 cm³/mol. The number of hydrogen-bond donors (Lipinski definition) is 0. The van der Waals surface area contributed by atoms with E-state index in [4.69, 9.17) is 5.53 Å². The Balaban J connectivity index is 2.18. The average molecular weight is 314 g/mol. The molecule has 18 heavy (non-hydrogen) atoms. The molecule has 94 valence electrons. The van der Waals surface area contributed by atoms with E-state index in [1.54, 1.807) is 0 Å².